The highest BCUT2D eigenvalue weighted by Gasteiger charge is 2.29. The molecule has 0 aliphatic carbocycles. The first-order valence-electron chi connectivity index (χ1n) is 8.49. The highest BCUT2D eigenvalue weighted by atomic mass is 16.2. The zero-order valence-corrected chi connectivity index (χ0v) is 13.7. The van der Waals surface area contributed by atoms with E-state index in [0.29, 0.717) is 19.4 Å². The van der Waals surface area contributed by atoms with Crippen molar-refractivity contribution in [2.75, 3.05) is 18.0 Å². The Balaban J connectivity index is 1.64. The van der Waals surface area contributed by atoms with E-state index in [2.05, 4.69) is 13.0 Å². The van der Waals surface area contributed by atoms with Gasteiger partial charge in [-0.3, -0.25) is 9.59 Å². The molecule has 2 aliphatic rings. The lowest BCUT2D eigenvalue weighted by Gasteiger charge is -2.37. The maximum absolute atomic E-state index is 12.5. The second kappa shape index (κ2) is 6.71. The van der Waals surface area contributed by atoms with E-state index in [9.17, 15) is 9.59 Å². The molecule has 2 aliphatic heterocycles. The number of nitrogens with two attached hydrogens (primary N) is 1. The number of carbonyl (C=O) groups is 2. The highest BCUT2D eigenvalue weighted by molar-refractivity contribution is 5.97. The van der Waals surface area contributed by atoms with Gasteiger partial charge in [0.25, 0.3) is 0 Å². The molecule has 3 rings (SSSR count). The van der Waals surface area contributed by atoms with Crippen molar-refractivity contribution in [1.82, 2.24) is 4.90 Å². The molecule has 2 heterocycles. The average molecular weight is 315 g/mol. The summed E-state index contributed by atoms with van der Waals surface area (Å²) < 4.78 is 0. The molecule has 5 nitrogen and oxygen atoms in total. The average Bonchev–Trinajstić information content (AvgIpc) is 2.53. The zero-order valence-electron chi connectivity index (χ0n) is 13.7. The molecule has 5 heteroatoms. The maximum Gasteiger partial charge on any atom is 0.227 e. The quantitative estimate of drug-likeness (QED) is 0.923. The Hall–Kier alpha value is -1.88. The SMILES string of the molecule is C[C@H]1C[C@H](N)CCN1C(=O)CCN1C(=O)CCc2ccccc21. The van der Waals surface area contributed by atoms with Gasteiger partial charge in [0.2, 0.25) is 11.8 Å². The molecule has 0 aromatic heterocycles. The van der Waals surface area contributed by atoms with Crippen LogP contribution in [0, 0.1) is 0 Å². The molecule has 2 amide bonds. The predicted octanol–water partition coefficient (Wildman–Crippen LogP) is 1.69. The van der Waals surface area contributed by atoms with E-state index >= 15 is 0 Å². The highest BCUT2D eigenvalue weighted by Crippen LogP contribution is 2.27. The van der Waals surface area contributed by atoms with Crippen LogP contribution < -0.4 is 10.6 Å². The predicted molar refractivity (Wildman–Crippen MR) is 90.1 cm³/mol. The standard InChI is InChI=1S/C18H25N3O2/c1-13-12-15(19)8-10-20(13)18(23)9-11-21-16-5-3-2-4-14(16)6-7-17(21)22/h2-5,13,15H,6-12,19H2,1H3/t13-,15+/m0/s1. The normalized spacial score (nSPS) is 24.5. The van der Waals surface area contributed by atoms with Crippen LogP contribution in [0.3, 0.4) is 0 Å². The lowest BCUT2D eigenvalue weighted by molar-refractivity contribution is -0.134. The topological polar surface area (TPSA) is 66.6 Å². The molecule has 2 atom stereocenters. The Morgan fingerprint density at radius 3 is 2.87 bits per heavy atom. The molecule has 0 unspecified atom stereocenters. The number of hydrogen-bond donors (Lipinski definition) is 1. The number of rotatable bonds is 3. The van der Waals surface area contributed by atoms with Gasteiger partial charge in [0.05, 0.1) is 0 Å². The summed E-state index contributed by atoms with van der Waals surface area (Å²) in [6, 6.07) is 8.36. The third-order valence-electron chi connectivity index (χ3n) is 4.98. The molecule has 2 N–H and O–H groups in total. The third-order valence-corrected chi connectivity index (χ3v) is 4.98. The molecule has 0 bridgehead atoms. The first-order chi connectivity index (χ1) is 11.1. The van der Waals surface area contributed by atoms with Gasteiger partial charge in [-0.2, -0.15) is 0 Å². The number of nitrogens with zero attached hydrogens (tertiary/aromatic N) is 2. The van der Waals surface area contributed by atoms with Gasteiger partial charge in [0.15, 0.2) is 0 Å². The number of likely N-dealkylation sites (tertiary alicyclic amines) is 1. The van der Waals surface area contributed by atoms with Crippen LogP contribution in [0.5, 0.6) is 0 Å². The summed E-state index contributed by atoms with van der Waals surface area (Å²) >= 11 is 0. The van der Waals surface area contributed by atoms with Gasteiger partial charge in [0.1, 0.15) is 0 Å². The molecule has 0 saturated carbocycles. The second-order valence-corrected chi connectivity index (χ2v) is 6.64. The minimum atomic E-state index is 0.116. The Bertz CT molecular complexity index is 602. The number of para-hydroxylation sites is 1. The fourth-order valence-electron chi connectivity index (χ4n) is 3.67. The van der Waals surface area contributed by atoms with Crippen LogP contribution in [-0.2, 0) is 16.0 Å². The number of fused-ring (bicyclic) bond motifs is 1. The molecule has 0 radical (unpaired) electrons. The van der Waals surface area contributed by atoms with Crippen molar-refractivity contribution >= 4 is 17.5 Å². The van der Waals surface area contributed by atoms with E-state index in [4.69, 9.17) is 5.73 Å². The van der Waals surface area contributed by atoms with Crippen molar-refractivity contribution in [3.8, 4) is 0 Å². The molecule has 1 fully saturated rings. The monoisotopic (exact) mass is 315 g/mol. The Morgan fingerprint density at radius 1 is 1.30 bits per heavy atom. The number of amides is 2. The summed E-state index contributed by atoms with van der Waals surface area (Å²) in [5, 5.41) is 0. The molecule has 1 aromatic carbocycles. The van der Waals surface area contributed by atoms with Crippen LogP contribution in [-0.4, -0.2) is 41.9 Å². The van der Waals surface area contributed by atoms with Gasteiger partial charge in [-0.1, -0.05) is 18.2 Å². The molecule has 0 spiro atoms. The number of carbonyl (C=O) groups excluding carboxylic acids is 2. The first-order valence-corrected chi connectivity index (χ1v) is 8.49. The van der Waals surface area contributed by atoms with Crippen molar-refractivity contribution in [2.45, 2.75) is 51.1 Å². The summed E-state index contributed by atoms with van der Waals surface area (Å²) in [7, 11) is 0. The van der Waals surface area contributed by atoms with Gasteiger partial charge in [0, 0.05) is 43.7 Å². The maximum atomic E-state index is 12.5. The summed E-state index contributed by atoms with van der Waals surface area (Å²) in [5.74, 6) is 0.241. The van der Waals surface area contributed by atoms with Crippen molar-refractivity contribution in [3.63, 3.8) is 0 Å². The van der Waals surface area contributed by atoms with Gasteiger partial charge in [-0.25, -0.2) is 0 Å². The number of piperidine rings is 1. The minimum Gasteiger partial charge on any atom is -0.340 e. The van der Waals surface area contributed by atoms with Crippen LogP contribution in [0.1, 0.15) is 38.2 Å². The van der Waals surface area contributed by atoms with E-state index in [0.717, 1.165) is 31.5 Å². The smallest absolute Gasteiger partial charge is 0.227 e. The van der Waals surface area contributed by atoms with Crippen LogP contribution >= 0.6 is 0 Å². The van der Waals surface area contributed by atoms with E-state index in [1.54, 1.807) is 4.90 Å². The van der Waals surface area contributed by atoms with Gasteiger partial charge >= 0.3 is 0 Å². The van der Waals surface area contributed by atoms with E-state index in [1.807, 2.05) is 23.1 Å². The number of anilines is 1. The summed E-state index contributed by atoms with van der Waals surface area (Å²) in [6.45, 7) is 3.24. The summed E-state index contributed by atoms with van der Waals surface area (Å²) in [5.41, 5.74) is 8.11. The van der Waals surface area contributed by atoms with Gasteiger partial charge in [-0.15, -0.1) is 0 Å². The van der Waals surface area contributed by atoms with E-state index in [1.165, 1.54) is 5.56 Å². The number of hydrogen-bond acceptors (Lipinski definition) is 3. The molecule has 1 saturated heterocycles. The van der Waals surface area contributed by atoms with E-state index < -0.39 is 0 Å². The number of benzene rings is 1. The fourth-order valence-corrected chi connectivity index (χ4v) is 3.67. The molecule has 1 aromatic rings. The molecular formula is C18H25N3O2. The van der Waals surface area contributed by atoms with Crippen LogP contribution in [0.4, 0.5) is 5.69 Å². The Morgan fingerprint density at radius 2 is 2.09 bits per heavy atom. The third kappa shape index (κ3) is 3.39. The van der Waals surface area contributed by atoms with Crippen LogP contribution in [0.25, 0.3) is 0 Å². The Labute approximate surface area is 137 Å². The second-order valence-electron chi connectivity index (χ2n) is 6.64. The fraction of sp³-hybridized carbons (Fsp3) is 0.556. The van der Waals surface area contributed by atoms with Crippen molar-refractivity contribution < 1.29 is 9.59 Å². The van der Waals surface area contributed by atoms with Gasteiger partial charge < -0.3 is 15.5 Å². The van der Waals surface area contributed by atoms with E-state index in [-0.39, 0.29) is 23.9 Å². The zero-order chi connectivity index (χ0) is 16.4. The van der Waals surface area contributed by atoms with Crippen LogP contribution in [0.2, 0.25) is 0 Å². The van der Waals surface area contributed by atoms with Crippen molar-refractivity contribution in [2.24, 2.45) is 5.73 Å². The molecular weight excluding hydrogens is 290 g/mol. The molecule has 23 heavy (non-hydrogen) atoms. The lowest BCUT2D eigenvalue weighted by Crippen LogP contribution is -2.49. The Kier molecular flexibility index (Phi) is 4.66. The number of aryl methyl sites for hydroxylation is 1. The minimum absolute atomic E-state index is 0.116. The largest absolute Gasteiger partial charge is 0.340 e. The van der Waals surface area contributed by atoms with Crippen molar-refractivity contribution in [3.05, 3.63) is 29.8 Å². The van der Waals surface area contributed by atoms with Gasteiger partial charge in [-0.05, 0) is 37.8 Å². The summed E-state index contributed by atoms with van der Waals surface area (Å²) in [4.78, 5) is 28.5. The molecule has 124 valence electrons. The summed E-state index contributed by atoms with van der Waals surface area (Å²) in [6.07, 6.45) is 3.42. The van der Waals surface area contributed by atoms with Crippen LogP contribution in [0.15, 0.2) is 24.3 Å². The first kappa shape index (κ1) is 16.0. The lowest BCUT2D eigenvalue weighted by atomic mass is 9.98. The van der Waals surface area contributed by atoms with Crippen molar-refractivity contribution in [1.29, 1.82) is 0 Å².